The lowest BCUT2D eigenvalue weighted by Gasteiger charge is -2.12. The Morgan fingerprint density at radius 3 is 2.52 bits per heavy atom. The van der Waals surface area contributed by atoms with Gasteiger partial charge < -0.3 is 9.64 Å². The Labute approximate surface area is 135 Å². The zero-order valence-corrected chi connectivity index (χ0v) is 12.9. The van der Waals surface area contributed by atoms with Crippen molar-refractivity contribution in [3.05, 3.63) is 52.7 Å². The fourth-order valence-electron chi connectivity index (χ4n) is 1.72. The fourth-order valence-corrected chi connectivity index (χ4v) is 1.92. The summed E-state index contributed by atoms with van der Waals surface area (Å²) in [5.41, 5.74) is -0.595. The number of carbonyl (C=O) groups is 1. The number of amides is 1. The van der Waals surface area contributed by atoms with Crippen LogP contribution in [0.25, 0.3) is 0 Å². The van der Waals surface area contributed by atoms with Gasteiger partial charge in [-0.25, -0.2) is 4.98 Å². The van der Waals surface area contributed by atoms with Crippen LogP contribution in [-0.4, -0.2) is 29.9 Å². The van der Waals surface area contributed by atoms with Gasteiger partial charge in [-0.1, -0.05) is 17.7 Å². The zero-order chi connectivity index (χ0) is 17.2. The number of carbonyl (C=O) groups excluding carboxylic acids is 1. The number of aromatic nitrogens is 1. The second kappa shape index (κ2) is 6.45. The van der Waals surface area contributed by atoms with Crippen LogP contribution in [0.4, 0.5) is 13.2 Å². The number of nitrogens with zero attached hydrogens (tertiary/aromatic N) is 2. The molecule has 0 aliphatic rings. The van der Waals surface area contributed by atoms with Gasteiger partial charge >= 0.3 is 6.18 Å². The number of alkyl halides is 3. The largest absolute Gasteiger partial charge is 0.438 e. The van der Waals surface area contributed by atoms with Crippen LogP contribution in [0, 0.1) is 0 Å². The summed E-state index contributed by atoms with van der Waals surface area (Å²) in [6.07, 6.45) is -3.90. The molecule has 2 rings (SSSR count). The van der Waals surface area contributed by atoms with Gasteiger partial charge in [-0.3, -0.25) is 4.79 Å². The average Bonchev–Trinajstić information content (AvgIpc) is 2.47. The summed E-state index contributed by atoms with van der Waals surface area (Å²) >= 11 is 5.78. The Kier molecular flexibility index (Phi) is 4.79. The van der Waals surface area contributed by atoms with Gasteiger partial charge in [0.2, 0.25) is 5.88 Å². The number of hydrogen-bond acceptors (Lipinski definition) is 3. The molecule has 0 saturated carbocycles. The van der Waals surface area contributed by atoms with E-state index in [0.29, 0.717) is 11.8 Å². The maximum Gasteiger partial charge on any atom is 0.417 e. The molecule has 0 atom stereocenters. The molecule has 0 aliphatic heterocycles. The van der Waals surface area contributed by atoms with Crippen LogP contribution in [0.3, 0.4) is 0 Å². The normalized spacial score (nSPS) is 11.2. The van der Waals surface area contributed by atoms with Gasteiger partial charge in [-0.15, -0.1) is 0 Å². The minimum Gasteiger partial charge on any atom is -0.438 e. The van der Waals surface area contributed by atoms with Crippen LogP contribution >= 0.6 is 11.6 Å². The molecule has 0 radical (unpaired) electrons. The molecule has 0 unspecified atom stereocenters. The van der Waals surface area contributed by atoms with Gasteiger partial charge in [0.25, 0.3) is 5.91 Å². The minimum absolute atomic E-state index is 0.172. The second-order valence-electron chi connectivity index (χ2n) is 4.84. The van der Waals surface area contributed by atoms with Crippen molar-refractivity contribution in [2.45, 2.75) is 6.18 Å². The first-order chi connectivity index (χ1) is 10.7. The Morgan fingerprint density at radius 2 is 1.96 bits per heavy atom. The summed E-state index contributed by atoms with van der Waals surface area (Å²) in [4.78, 5) is 16.8. The Morgan fingerprint density at radius 1 is 1.26 bits per heavy atom. The molecule has 2 aromatic rings. The highest BCUT2D eigenvalue weighted by Gasteiger charge is 2.31. The van der Waals surface area contributed by atoms with Gasteiger partial charge in [0.15, 0.2) is 0 Å². The summed E-state index contributed by atoms with van der Waals surface area (Å²) < 4.78 is 43.1. The van der Waals surface area contributed by atoms with E-state index in [4.69, 9.17) is 16.3 Å². The standard InChI is InChI=1S/C15H12ClF3N2O2/c1-21(2)14(22)9-4-3-5-11(6-9)23-13-12(16)7-10(8-20-13)15(17,18)19/h3-8H,1-2H3. The van der Waals surface area contributed by atoms with E-state index >= 15 is 0 Å². The van der Waals surface area contributed by atoms with E-state index in [1.807, 2.05) is 0 Å². The van der Waals surface area contributed by atoms with Crippen LogP contribution in [0.15, 0.2) is 36.5 Å². The van der Waals surface area contributed by atoms with Crippen molar-refractivity contribution < 1.29 is 22.7 Å². The molecule has 4 nitrogen and oxygen atoms in total. The molecule has 8 heteroatoms. The van der Waals surface area contributed by atoms with Crippen molar-refractivity contribution in [2.24, 2.45) is 0 Å². The minimum atomic E-state index is -4.53. The van der Waals surface area contributed by atoms with Gasteiger partial charge in [0.05, 0.1) is 5.56 Å². The zero-order valence-electron chi connectivity index (χ0n) is 12.2. The van der Waals surface area contributed by atoms with Gasteiger partial charge in [-0.2, -0.15) is 13.2 Å². The molecule has 0 saturated heterocycles. The van der Waals surface area contributed by atoms with Crippen LogP contribution in [0.1, 0.15) is 15.9 Å². The Hall–Kier alpha value is -2.28. The predicted octanol–water partition coefficient (Wildman–Crippen LogP) is 4.25. The summed E-state index contributed by atoms with van der Waals surface area (Å²) in [5, 5.41) is -0.274. The molecular formula is C15H12ClF3N2O2. The topological polar surface area (TPSA) is 42.4 Å². The molecule has 0 N–H and O–H groups in total. The quantitative estimate of drug-likeness (QED) is 0.836. The smallest absolute Gasteiger partial charge is 0.417 e. The fraction of sp³-hybridized carbons (Fsp3) is 0.200. The van der Waals surface area contributed by atoms with E-state index in [2.05, 4.69) is 4.98 Å². The molecule has 0 aliphatic carbocycles. The highest BCUT2D eigenvalue weighted by atomic mass is 35.5. The van der Waals surface area contributed by atoms with Gasteiger partial charge in [0.1, 0.15) is 10.8 Å². The molecule has 1 aromatic carbocycles. The highest BCUT2D eigenvalue weighted by Crippen LogP contribution is 2.34. The lowest BCUT2D eigenvalue weighted by atomic mass is 10.2. The molecule has 0 spiro atoms. The first-order valence-electron chi connectivity index (χ1n) is 6.41. The lowest BCUT2D eigenvalue weighted by molar-refractivity contribution is -0.137. The third-order valence-electron chi connectivity index (χ3n) is 2.84. The molecule has 1 aromatic heterocycles. The maximum absolute atomic E-state index is 12.6. The number of benzene rings is 1. The Bertz CT molecular complexity index is 733. The van der Waals surface area contributed by atoms with E-state index in [9.17, 15) is 18.0 Å². The van der Waals surface area contributed by atoms with Crippen molar-refractivity contribution in [2.75, 3.05) is 14.1 Å². The molecule has 1 amide bonds. The van der Waals surface area contributed by atoms with Crippen molar-refractivity contribution in [1.82, 2.24) is 9.88 Å². The predicted molar refractivity (Wildman–Crippen MR) is 78.8 cm³/mol. The average molecular weight is 345 g/mol. The maximum atomic E-state index is 12.6. The monoisotopic (exact) mass is 344 g/mol. The third kappa shape index (κ3) is 4.13. The van der Waals surface area contributed by atoms with Crippen molar-refractivity contribution in [3.8, 4) is 11.6 Å². The van der Waals surface area contributed by atoms with E-state index in [-0.39, 0.29) is 22.6 Å². The second-order valence-corrected chi connectivity index (χ2v) is 5.25. The van der Waals surface area contributed by atoms with Crippen molar-refractivity contribution in [3.63, 3.8) is 0 Å². The van der Waals surface area contributed by atoms with Gasteiger partial charge in [-0.05, 0) is 24.3 Å². The van der Waals surface area contributed by atoms with E-state index in [0.717, 1.165) is 6.07 Å². The summed E-state index contributed by atoms with van der Waals surface area (Å²) in [6.45, 7) is 0. The van der Waals surface area contributed by atoms with E-state index < -0.39 is 11.7 Å². The van der Waals surface area contributed by atoms with Crippen LogP contribution < -0.4 is 4.74 Å². The number of rotatable bonds is 3. The molecular weight excluding hydrogens is 333 g/mol. The number of halogens is 4. The molecule has 23 heavy (non-hydrogen) atoms. The van der Waals surface area contributed by atoms with Crippen molar-refractivity contribution in [1.29, 1.82) is 0 Å². The van der Waals surface area contributed by atoms with Crippen molar-refractivity contribution >= 4 is 17.5 Å². The lowest BCUT2D eigenvalue weighted by Crippen LogP contribution is -2.21. The SMILES string of the molecule is CN(C)C(=O)c1cccc(Oc2ncc(C(F)(F)F)cc2Cl)c1. The molecule has 1 heterocycles. The molecule has 0 fully saturated rings. The van der Waals surface area contributed by atoms with Gasteiger partial charge in [0, 0.05) is 25.9 Å². The first kappa shape index (κ1) is 17.1. The summed E-state index contributed by atoms with van der Waals surface area (Å²) in [5.74, 6) is -0.164. The first-order valence-corrected chi connectivity index (χ1v) is 6.78. The number of hydrogen-bond donors (Lipinski definition) is 0. The molecule has 122 valence electrons. The van der Waals surface area contributed by atoms with E-state index in [1.54, 1.807) is 32.3 Å². The number of ether oxygens (including phenoxy) is 1. The third-order valence-corrected chi connectivity index (χ3v) is 3.11. The molecule has 0 bridgehead atoms. The summed E-state index contributed by atoms with van der Waals surface area (Å²) in [7, 11) is 3.20. The Balaban J connectivity index is 2.26. The van der Waals surface area contributed by atoms with Crippen LogP contribution in [0.5, 0.6) is 11.6 Å². The number of pyridine rings is 1. The van der Waals surface area contributed by atoms with E-state index in [1.165, 1.54) is 11.0 Å². The highest BCUT2D eigenvalue weighted by molar-refractivity contribution is 6.31. The summed E-state index contributed by atoms with van der Waals surface area (Å²) in [6, 6.07) is 6.92. The van der Waals surface area contributed by atoms with Crippen LogP contribution in [-0.2, 0) is 6.18 Å². The van der Waals surface area contributed by atoms with Crippen LogP contribution in [0.2, 0.25) is 5.02 Å².